The predicted octanol–water partition coefficient (Wildman–Crippen LogP) is 3.73. The molecule has 0 unspecified atom stereocenters. The maximum atomic E-state index is 12.6. The van der Waals surface area contributed by atoms with E-state index in [0.29, 0.717) is 23.8 Å². The van der Waals surface area contributed by atoms with Gasteiger partial charge < -0.3 is 10.5 Å². The van der Waals surface area contributed by atoms with Crippen LogP contribution in [0.4, 0.5) is 13.2 Å². The molecule has 19 heavy (non-hydrogen) atoms. The quantitative estimate of drug-likeness (QED) is 0.907. The molecule has 2 rings (SSSR count). The van der Waals surface area contributed by atoms with Gasteiger partial charge in [0, 0.05) is 12.1 Å². The van der Waals surface area contributed by atoms with E-state index in [9.17, 15) is 13.2 Å². The number of rotatable bonds is 4. The number of halogens is 3. The monoisotopic (exact) mass is 273 g/mol. The summed E-state index contributed by atoms with van der Waals surface area (Å²) in [5.41, 5.74) is 5.23. The molecule has 0 aromatic heterocycles. The molecule has 106 valence electrons. The number of nitrogens with two attached hydrogens (primary N) is 1. The Morgan fingerprint density at radius 2 is 1.89 bits per heavy atom. The normalized spacial score (nSPS) is 16.8. The number of ether oxygens (including phenoxy) is 1. The molecule has 1 fully saturated rings. The van der Waals surface area contributed by atoms with Gasteiger partial charge in [0.15, 0.2) is 0 Å². The summed E-state index contributed by atoms with van der Waals surface area (Å²) in [5.74, 6) is 0.996. The molecule has 1 aromatic rings. The molecule has 1 saturated carbocycles. The molecule has 0 aliphatic heterocycles. The summed E-state index contributed by atoms with van der Waals surface area (Å²) in [6.45, 7) is 0.613. The van der Waals surface area contributed by atoms with Crippen LogP contribution in [0.5, 0.6) is 5.75 Å². The van der Waals surface area contributed by atoms with E-state index in [0.717, 1.165) is 25.0 Å². The van der Waals surface area contributed by atoms with Crippen molar-refractivity contribution in [3.63, 3.8) is 0 Å². The van der Waals surface area contributed by atoms with E-state index in [1.165, 1.54) is 18.9 Å². The third-order valence-corrected chi connectivity index (χ3v) is 3.56. The van der Waals surface area contributed by atoms with Crippen LogP contribution in [-0.2, 0) is 12.7 Å². The number of hydrogen-bond donors (Lipinski definition) is 1. The second-order valence-corrected chi connectivity index (χ2v) is 4.99. The Kier molecular flexibility index (Phi) is 4.34. The number of hydrogen-bond acceptors (Lipinski definition) is 2. The highest BCUT2D eigenvalue weighted by molar-refractivity contribution is 5.38. The standard InChI is InChI=1S/C14H18F3NO/c15-14(16,17)12-5-6-13(11(7-12)8-18)19-9-10-3-1-2-4-10/h5-7,10H,1-4,8-9,18H2. The van der Waals surface area contributed by atoms with Gasteiger partial charge in [-0.1, -0.05) is 12.8 Å². The van der Waals surface area contributed by atoms with Crippen LogP contribution >= 0.6 is 0 Å². The van der Waals surface area contributed by atoms with Crippen LogP contribution in [0.2, 0.25) is 0 Å². The van der Waals surface area contributed by atoms with Crippen molar-refractivity contribution in [3.05, 3.63) is 29.3 Å². The molecule has 0 bridgehead atoms. The summed E-state index contributed by atoms with van der Waals surface area (Å²) in [5, 5.41) is 0. The van der Waals surface area contributed by atoms with Gasteiger partial charge in [0.25, 0.3) is 0 Å². The lowest BCUT2D eigenvalue weighted by atomic mass is 10.1. The summed E-state index contributed by atoms with van der Waals surface area (Å²) in [6.07, 6.45) is 0.362. The first-order chi connectivity index (χ1) is 9.00. The lowest BCUT2D eigenvalue weighted by molar-refractivity contribution is -0.137. The highest BCUT2D eigenvalue weighted by Crippen LogP contribution is 2.33. The lowest BCUT2D eigenvalue weighted by Crippen LogP contribution is -2.12. The van der Waals surface area contributed by atoms with Crippen molar-refractivity contribution in [2.45, 2.75) is 38.4 Å². The average Bonchev–Trinajstić information content (AvgIpc) is 2.88. The van der Waals surface area contributed by atoms with Gasteiger partial charge >= 0.3 is 6.18 Å². The molecular weight excluding hydrogens is 255 g/mol. The third-order valence-electron chi connectivity index (χ3n) is 3.56. The van der Waals surface area contributed by atoms with Crippen molar-refractivity contribution in [3.8, 4) is 5.75 Å². The van der Waals surface area contributed by atoms with Gasteiger partial charge in [0.1, 0.15) is 5.75 Å². The minimum atomic E-state index is -4.34. The first-order valence-corrected chi connectivity index (χ1v) is 6.53. The molecule has 2 N–H and O–H groups in total. The molecule has 0 amide bonds. The van der Waals surface area contributed by atoms with Crippen molar-refractivity contribution in [2.75, 3.05) is 6.61 Å². The molecule has 5 heteroatoms. The molecule has 2 nitrogen and oxygen atoms in total. The largest absolute Gasteiger partial charge is 0.493 e. The Bertz CT molecular complexity index is 425. The van der Waals surface area contributed by atoms with E-state index in [1.807, 2.05) is 0 Å². The van der Waals surface area contributed by atoms with E-state index < -0.39 is 11.7 Å². The Morgan fingerprint density at radius 1 is 1.21 bits per heavy atom. The zero-order valence-electron chi connectivity index (χ0n) is 10.7. The molecule has 0 saturated heterocycles. The van der Waals surface area contributed by atoms with Gasteiger partial charge in [-0.25, -0.2) is 0 Å². The van der Waals surface area contributed by atoms with Gasteiger partial charge in [-0.3, -0.25) is 0 Å². The Hall–Kier alpha value is -1.23. The average molecular weight is 273 g/mol. The van der Waals surface area contributed by atoms with Gasteiger partial charge in [-0.15, -0.1) is 0 Å². The minimum Gasteiger partial charge on any atom is -0.493 e. The topological polar surface area (TPSA) is 35.2 Å². The highest BCUT2D eigenvalue weighted by Gasteiger charge is 2.31. The molecule has 0 radical (unpaired) electrons. The van der Waals surface area contributed by atoms with Crippen LogP contribution in [0.15, 0.2) is 18.2 Å². The van der Waals surface area contributed by atoms with E-state index >= 15 is 0 Å². The Balaban J connectivity index is 2.07. The fourth-order valence-corrected chi connectivity index (χ4v) is 2.44. The molecule has 0 heterocycles. The zero-order valence-corrected chi connectivity index (χ0v) is 10.7. The Morgan fingerprint density at radius 3 is 2.47 bits per heavy atom. The maximum Gasteiger partial charge on any atom is 0.416 e. The summed E-state index contributed by atoms with van der Waals surface area (Å²) < 4.78 is 43.4. The lowest BCUT2D eigenvalue weighted by Gasteiger charge is -2.16. The molecule has 0 spiro atoms. The van der Waals surface area contributed by atoms with E-state index in [4.69, 9.17) is 10.5 Å². The van der Waals surface area contributed by atoms with Crippen LogP contribution in [0, 0.1) is 5.92 Å². The maximum absolute atomic E-state index is 12.6. The number of benzene rings is 1. The van der Waals surface area contributed by atoms with Crippen molar-refractivity contribution in [1.29, 1.82) is 0 Å². The third kappa shape index (κ3) is 3.62. The fourth-order valence-electron chi connectivity index (χ4n) is 2.44. The molecule has 0 atom stereocenters. The van der Waals surface area contributed by atoms with E-state index in [2.05, 4.69) is 0 Å². The summed E-state index contributed by atoms with van der Waals surface area (Å²) >= 11 is 0. The van der Waals surface area contributed by atoms with Crippen molar-refractivity contribution in [1.82, 2.24) is 0 Å². The van der Waals surface area contributed by atoms with Crippen LogP contribution in [0.1, 0.15) is 36.8 Å². The van der Waals surface area contributed by atoms with Gasteiger partial charge in [-0.2, -0.15) is 13.2 Å². The van der Waals surface area contributed by atoms with Crippen LogP contribution in [-0.4, -0.2) is 6.61 Å². The minimum absolute atomic E-state index is 0.0456. The first-order valence-electron chi connectivity index (χ1n) is 6.53. The van der Waals surface area contributed by atoms with Crippen LogP contribution in [0.3, 0.4) is 0 Å². The molecule has 1 aromatic carbocycles. The molecular formula is C14H18F3NO. The SMILES string of the molecule is NCc1cc(C(F)(F)F)ccc1OCC1CCCC1. The second-order valence-electron chi connectivity index (χ2n) is 4.99. The van der Waals surface area contributed by atoms with Crippen LogP contribution < -0.4 is 10.5 Å². The van der Waals surface area contributed by atoms with Crippen molar-refractivity contribution in [2.24, 2.45) is 11.7 Å². The van der Waals surface area contributed by atoms with Crippen molar-refractivity contribution >= 4 is 0 Å². The van der Waals surface area contributed by atoms with Gasteiger partial charge in [0.05, 0.1) is 12.2 Å². The molecule has 1 aliphatic rings. The van der Waals surface area contributed by atoms with Gasteiger partial charge in [0.2, 0.25) is 0 Å². The first kappa shape index (κ1) is 14.2. The highest BCUT2D eigenvalue weighted by atomic mass is 19.4. The zero-order chi connectivity index (χ0) is 13.9. The van der Waals surface area contributed by atoms with E-state index in [1.54, 1.807) is 0 Å². The van der Waals surface area contributed by atoms with E-state index in [-0.39, 0.29) is 6.54 Å². The van der Waals surface area contributed by atoms with Crippen LogP contribution in [0.25, 0.3) is 0 Å². The Labute approximate surface area is 110 Å². The second kappa shape index (κ2) is 5.82. The van der Waals surface area contributed by atoms with Gasteiger partial charge in [-0.05, 0) is 37.0 Å². The summed E-state index contributed by atoms with van der Waals surface area (Å²) in [7, 11) is 0. The molecule has 1 aliphatic carbocycles. The number of alkyl halides is 3. The summed E-state index contributed by atoms with van der Waals surface area (Å²) in [4.78, 5) is 0. The predicted molar refractivity (Wildman–Crippen MR) is 66.8 cm³/mol. The smallest absolute Gasteiger partial charge is 0.416 e. The van der Waals surface area contributed by atoms with Crippen molar-refractivity contribution < 1.29 is 17.9 Å². The fraction of sp³-hybridized carbons (Fsp3) is 0.571. The summed E-state index contributed by atoms with van der Waals surface area (Å²) in [6, 6.07) is 3.49.